The van der Waals surface area contributed by atoms with Crippen LogP contribution >= 0.6 is 0 Å². The quantitative estimate of drug-likeness (QED) is 0.764. The summed E-state index contributed by atoms with van der Waals surface area (Å²) in [5, 5.41) is 5.19. The number of nitrogens with one attached hydrogen (secondary N) is 2. The van der Waals surface area contributed by atoms with E-state index in [1.54, 1.807) is 6.08 Å². The summed E-state index contributed by atoms with van der Waals surface area (Å²) in [6.45, 7) is 6.56. The summed E-state index contributed by atoms with van der Waals surface area (Å²) in [6, 6.07) is 7.81. The van der Waals surface area contributed by atoms with E-state index in [0.717, 1.165) is 34.1 Å². The molecule has 27 heavy (non-hydrogen) atoms. The summed E-state index contributed by atoms with van der Waals surface area (Å²) in [5.41, 5.74) is 3.93. The number of benzene rings is 1. The highest BCUT2D eigenvalue weighted by Gasteiger charge is 2.16. The van der Waals surface area contributed by atoms with Crippen LogP contribution in [0.25, 0.3) is 11.8 Å². The number of fused-ring (bicyclic) bond motifs is 1. The zero-order valence-corrected chi connectivity index (χ0v) is 15.7. The smallest absolute Gasteiger partial charge is 0.244 e. The molecule has 0 unspecified atom stereocenters. The van der Waals surface area contributed by atoms with E-state index in [4.69, 9.17) is 9.47 Å². The van der Waals surface area contributed by atoms with Crippen molar-refractivity contribution in [2.24, 2.45) is 0 Å². The number of aryl methyl sites for hydroxylation is 1. The zero-order chi connectivity index (χ0) is 19.4. The Hall–Kier alpha value is -3.22. The normalized spacial score (nSPS) is 12.4. The summed E-state index contributed by atoms with van der Waals surface area (Å²) >= 11 is 0. The molecule has 0 bridgehead atoms. The average Bonchev–Trinajstić information content (AvgIpc) is 3.21. The first-order valence-electron chi connectivity index (χ1n) is 8.81. The number of amides is 2. The lowest BCUT2D eigenvalue weighted by molar-refractivity contribution is -0.123. The third-order valence-electron chi connectivity index (χ3n) is 4.30. The number of ether oxygens (including phenoxy) is 2. The van der Waals surface area contributed by atoms with E-state index in [2.05, 4.69) is 15.2 Å². The molecule has 1 aromatic carbocycles. The molecular weight excluding hydrogens is 346 g/mol. The fourth-order valence-corrected chi connectivity index (χ4v) is 3.03. The zero-order valence-electron chi connectivity index (χ0n) is 15.7. The van der Waals surface area contributed by atoms with E-state index in [1.165, 1.54) is 6.08 Å². The van der Waals surface area contributed by atoms with Gasteiger partial charge in [-0.25, -0.2) is 0 Å². The minimum atomic E-state index is -0.311. The largest absolute Gasteiger partial charge is 0.454 e. The predicted molar refractivity (Wildman–Crippen MR) is 102 cm³/mol. The van der Waals surface area contributed by atoms with Gasteiger partial charge in [-0.15, -0.1) is 0 Å². The fourth-order valence-electron chi connectivity index (χ4n) is 3.03. The van der Waals surface area contributed by atoms with Gasteiger partial charge in [0.05, 0.1) is 6.54 Å². The van der Waals surface area contributed by atoms with E-state index in [-0.39, 0.29) is 25.2 Å². The van der Waals surface area contributed by atoms with E-state index in [0.29, 0.717) is 6.54 Å². The monoisotopic (exact) mass is 369 g/mol. The number of hydrogen-bond acceptors (Lipinski definition) is 4. The maximum atomic E-state index is 11.9. The van der Waals surface area contributed by atoms with Crippen molar-refractivity contribution in [1.82, 2.24) is 15.2 Å². The third kappa shape index (κ3) is 4.13. The van der Waals surface area contributed by atoms with Crippen molar-refractivity contribution in [3.05, 3.63) is 47.3 Å². The van der Waals surface area contributed by atoms with Crippen molar-refractivity contribution in [3.63, 3.8) is 0 Å². The number of aromatic nitrogens is 1. The number of hydrogen-bond donors (Lipinski definition) is 2. The Morgan fingerprint density at radius 2 is 1.93 bits per heavy atom. The fraction of sp³-hybridized carbons (Fsp3) is 0.300. The van der Waals surface area contributed by atoms with Gasteiger partial charge in [0, 0.05) is 35.8 Å². The molecule has 0 fully saturated rings. The number of likely N-dealkylation sites (N-methyl/N-ethyl adjacent to an activating group) is 1. The Kier molecular flexibility index (Phi) is 5.49. The molecule has 2 heterocycles. The predicted octanol–water partition coefficient (Wildman–Crippen LogP) is 2.09. The molecule has 0 spiro atoms. The van der Waals surface area contributed by atoms with Crippen molar-refractivity contribution in [2.75, 3.05) is 19.9 Å². The molecule has 2 amide bonds. The van der Waals surface area contributed by atoms with Crippen LogP contribution in [0.3, 0.4) is 0 Å². The summed E-state index contributed by atoms with van der Waals surface area (Å²) in [5.74, 6) is 0.946. The summed E-state index contributed by atoms with van der Waals surface area (Å²) in [4.78, 5) is 23.3. The summed E-state index contributed by atoms with van der Waals surface area (Å²) < 4.78 is 12.9. The van der Waals surface area contributed by atoms with Gasteiger partial charge in [-0.3, -0.25) is 9.59 Å². The molecule has 2 N–H and O–H groups in total. The van der Waals surface area contributed by atoms with E-state index in [1.807, 2.05) is 45.0 Å². The molecule has 2 aromatic rings. The highest BCUT2D eigenvalue weighted by molar-refractivity contribution is 5.94. The van der Waals surface area contributed by atoms with Crippen molar-refractivity contribution in [3.8, 4) is 17.2 Å². The second kappa shape index (κ2) is 7.99. The first-order chi connectivity index (χ1) is 13.0. The topological polar surface area (TPSA) is 81.6 Å². The van der Waals surface area contributed by atoms with E-state index < -0.39 is 0 Å². The molecule has 1 aromatic heterocycles. The van der Waals surface area contributed by atoms with Gasteiger partial charge in [-0.05, 0) is 50.6 Å². The van der Waals surface area contributed by atoms with Crippen LogP contribution < -0.4 is 20.1 Å². The van der Waals surface area contributed by atoms with Crippen molar-refractivity contribution in [1.29, 1.82) is 0 Å². The van der Waals surface area contributed by atoms with Crippen LogP contribution in [-0.4, -0.2) is 36.3 Å². The average molecular weight is 369 g/mol. The second-order valence-corrected chi connectivity index (χ2v) is 6.20. The summed E-state index contributed by atoms with van der Waals surface area (Å²) in [6.07, 6.45) is 3.18. The molecule has 0 aliphatic carbocycles. The molecule has 142 valence electrons. The van der Waals surface area contributed by atoms with Crippen LogP contribution in [-0.2, 0) is 9.59 Å². The summed E-state index contributed by atoms with van der Waals surface area (Å²) in [7, 11) is 0. The lowest BCUT2D eigenvalue weighted by Crippen LogP contribution is -2.35. The molecule has 7 nitrogen and oxygen atoms in total. The van der Waals surface area contributed by atoms with Crippen molar-refractivity contribution >= 4 is 17.9 Å². The van der Waals surface area contributed by atoms with Crippen LogP contribution in [0.2, 0.25) is 0 Å². The Morgan fingerprint density at radius 1 is 1.15 bits per heavy atom. The van der Waals surface area contributed by atoms with Crippen LogP contribution in [0.5, 0.6) is 11.5 Å². The number of carbonyl (C=O) groups excluding carboxylic acids is 2. The van der Waals surface area contributed by atoms with Gasteiger partial charge in [0.25, 0.3) is 0 Å². The number of nitrogens with zero attached hydrogens (tertiary/aromatic N) is 1. The van der Waals surface area contributed by atoms with Gasteiger partial charge in [0.15, 0.2) is 11.5 Å². The minimum absolute atomic E-state index is 0.0345. The molecule has 0 atom stereocenters. The molecule has 0 saturated carbocycles. The van der Waals surface area contributed by atoms with Crippen LogP contribution in [0, 0.1) is 13.8 Å². The van der Waals surface area contributed by atoms with Crippen LogP contribution in [0.4, 0.5) is 0 Å². The molecule has 1 aliphatic rings. The molecule has 0 saturated heterocycles. The second-order valence-electron chi connectivity index (χ2n) is 6.20. The van der Waals surface area contributed by atoms with Gasteiger partial charge < -0.3 is 24.7 Å². The maximum absolute atomic E-state index is 11.9. The Morgan fingerprint density at radius 3 is 2.70 bits per heavy atom. The molecule has 0 radical (unpaired) electrons. The molecule has 1 aliphatic heterocycles. The first kappa shape index (κ1) is 18.6. The van der Waals surface area contributed by atoms with Gasteiger partial charge in [-0.1, -0.05) is 0 Å². The minimum Gasteiger partial charge on any atom is -0.454 e. The Labute approximate surface area is 158 Å². The molecule has 3 rings (SSSR count). The Balaban J connectivity index is 1.74. The van der Waals surface area contributed by atoms with Gasteiger partial charge in [-0.2, -0.15) is 0 Å². The standard InChI is InChI=1S/C20H23N3O4/c1-4-21-20(25)11-22-19(24)8-5-15-9-13(2)23(14(15)3)16-6-7-17-18(10-16)27-12-26-17/h5-10H,4,11-12H2,1-3H3,(H,21,25)(H,22,24)/b8-5+. The highest BCUT2D eigenvalue weighted by Crippen LogP contribution is 2.34. The Bertz CT molecular complexity index is 899. The van der Waals surface area contributed by atoms with E-state index >= 15 is 0 Å². The van der Waals surface area contributed by atoms with Gasteiger partial charge >= 0.3 is 0 Å². The SMILES string of the molecule is CCNC(=O)CNC(=O)/C=C/c1cc(C)n(-c2ccc3c(c2)OCO3)c1C. The molecule has 7 heteroatoms. The van der Waals surface area contributed by atoms with Crippen LogP contribution in [0.1, 0.15) is 23.9 Å². The van der Waals surface area contributed by atoms with Crippen LogP contribution in [0.15, 0.2) is 30.3 Å². The highest BCUT2D eigenvalue weighted by atomic mass is 16.7. The lowest BCUT2D eigenvalue weighted by atomic mass is 10.2. The van der Waals surface area contributed by atoms with Gasteiger partial charge in [0.2, 0.25) is 18.6 Å². The molecular formula is C20H23N3O4. The van der Waals surface area contributed by atoms with E-state index in [9.17, 15) is 9.59 Å². The maximum Gasteiger partial charge on any atom is 0.244 e. The van der Waals surface area contributed by atoms with Crippen molar-refractivity contribution < 1.29 is 19.1 Å². The number of carbonyl (C=O) groups is 2. The first-order valence-corrected chi connectivity index (χ1v) is 8.81. The lowest BCUT2D eigenvalue weighted by Gasteiger charge is -2.10. The van der Waals surface area contributed by atoms with Crippen molar-refractivity contribution in [2.45, 2.75) is 20.8 Å². The third-order valence-corrected chi connectivity index (χ3v) is 4.30. The number of rotatable bonds is 6. The van der Waals surface area contributed by atoms with Gasteiger partial charge in [0.1, 0.15) is 0 Å².